The number of aromatic nitrogens is 2. The number of hydrogen-bond acceptors (Lipinski definition) is 4. The van der Waals surface area contributed by atoms with Crippen LogP contribution in [0.25, 0.3) is 32.5 Å². The van der Waals surface area contributed by atoms with Gasteiger partial charge in [0.1, 0.15) is 0 Å². The van der Waals surface area contributed by atoms with E-state index in [9.17, 15) is 0 Å². The topological polar surface area (TPSA) is 25.8 Å². The van der Waals surface area contributed by atoms with Gasteiger partial charge in [-0.3, -0.25) is 0 Å². The summed E-state index contributed by atoms with van der Waals surface area (Å²) >= 11 is 3.38. The standard InChI is InChI=1S/C22H20N2S2/c1-4-16-7-11-18(12-8-16)20-15(3)26-22(24-20)21-23-19(13-25-21)17-9-5-14(2)6-10-17/h5-13H,4H2,1-3H3. The van der Waals surface area contributed by atoms with Crippen LogP contribution in [0.2, 0.25) is 0 Å². The van der Waals surface area contributed by atoms with Crippen LogP contribution < -0.4 is 0 Å². The van der Waals surface area contributed by atoms with Gasteiger partial charge < -0.3 is 0 Å². The van der Waals surface area contributed by atoms with E-state index in [4.69, 9.17) is 9.97 Å². The first-order chi connectivity index (χ1) is 12.6. The van der Waals surface area contributed by atoms with E-state index in [1.807, 2.05) is 0 Å². The molecule has 0 amide bonds. The third kappa shape index (κ3) is 3.35. The van der Waals surface area contributed by atoms with E-state index in [-0.39, 0.29) is 0 Å². The Labute approximate surface area is 162 Å². The lowest BCUT2D eigenvalue weighted by atomic mass is 10.1. The van der Waals surface area contributed by atoms with E-state index in [0.29, 0.717) is 0 Å². The summed E-state index contributed by atoms with van der Waals surface area (Å²) in [6.07, 6.45) is 1.06. The largest absolute Gasteiger partial charge is 0.233 e. The Morgan fingerprint density at radius 2 is 1.50 bits per heavy atom. The van der Waals surface area contributed by atoms with Gasteiger partial charge in [-0.25, -0.2) is 9.97 Å². The van der Waals surface area contributed by atoms with Crippen LogP contribution in [0.3, 0.4) is 0 Å². The van der Waals surface area contributed by atoms with Gasteiger partial charge in [0, 0.05) is 21.4 Å². The minimum atomic E-state index is 0.991. The Hall–Kier alpha value is -2.30. The van der Waals surface area contributed by atoms with Crippen molar-refractivity contribution < 1.29 is 0 Å². The lowest BCUT2D eigenvalue weighted by Crippen LogP contribution is -1.84. The van der Waals surface area contributed by atoms with E-state index in [1.165, 1.54) is 21.6 Å². The lowest BCUT2D eigenvalue weighted by molar-refractivity contribution is 1.14. The second kappa shape index (κ2) is 7.14. The third-order valence-electron chi connectivity index (χ3n) is 4.47. The van der Waals surface area contributed by atoms with Gasteiger partial charge in [-0.15, -0.1) is 22.7 Å². The van der Waals surface area contributed by atoms with Crippen LogP contribution in [0.1, 0.15) is 22.9 Å². The van der Waals surface area contributed by atoms with Crippen LogP contribution in [0.4, 0.5) is 0 Å². The normalized spacial score (nSPS) is 11.0. The van der Waals surface area contributed by atoms with E-state index in [0.717, 1.165) is 33.4 Å². The molecule has 0 aliphatic rings. The molecule has 0 N–H and O–H groups in total. The first kappa shape index (κ1) is 17.1. The molecule has 2 aromatic carbocycles. The van der Waals surface area contributed by atoms with Gasteiger partial charge in [-0.1, -0.05) is 61.0 Å². The maximum atomic E-state index is 4.89. The van der Waals surface area contributed by atoms with E-state index in [2.05, 4.69) is 74.7 Å². The van der Waals surface area contributed by atoms with Crippen molar-refractivity contribution in [2.24, 2.45) is 0 Å². The predicted octanol–water partition coefficient (Wildman–Crippen LogP) is 6.78. The van der Waals surface area contributed by atoms with Crippen molar-refractivity contribution >= 4 is 22.7 Å². The molecule has 4 heteroatoms. The fraction of sp³-hybridized carbons (Fsp3) is 0.182. The second-order valence-electron chi connectivity index (χ2n) is 6.38. The number of hydrogen-bond donors (Lipinski definition) is 0. The fourth-order valence-corrected chi connectivity index (χ4v) is 4.68. The van der Waals surface area contributed by atoms with Crippen molar-refractivity contribution in [3.05, 3.63) is 69.9 Å². The minimum Gasteiger partial charge on any atom is -0.233 e. The predicted molar refractivity (Wildman–Crippen MR) is 113 cm³/mol. The molecule has 0 atom stereocenters. The zero-order chi connectivity index (χ0) is 18.1. The molecule has 0 aliphatic carbocycles. The molecule has 4 aromatic rings. The van der Waals surface area contributed by atoms with Crippen molar-refractivity contribution in [1.82, 2.24) is 9.97 Å². The highest BCUT2D eigenvalue weighted by Crippen LogP contribution is 2.36. The Morgan fingerprint density at radius 1 is 0.808 bits per heavy atom. The van der Waals surface area contributed by atoms with Crippen LogP contribution in [0.5, 0.6) is 0 Å². The summed E-state index contributed by atoms with van der Waals surface area (Å²) in [7, 11) is 0. The average molecular weight is 377 g/mol. The Balaban J connectivity index is 1.65. The molecule has 2 heterocycles. The molecule has 0 saturated heterocycles. The SMILES string of the molecule is CCc1ccc(-c2nc(-c3nc(-c4ccc(C)cc4)cs3)sc2C)cc1. The van der Waals surface area contributed by atoms with Crippen molar-refractivity contribution in [2.45, 2.75) is 27.2 Å². The molecule has 0 spiro atoms. The summed E-state index contributed by atoms with van der Waals surface area (Å²) in [5, 5.41) is 4.11. The Kier molecular flexibility index (Phi) is 4.70. The van der Waals surface area contributed by atoms with Crippen LogP contribution in [0, 0.1) is 13.8 Å². The molecule has 4 rings (SSSR count). The van der Waals surface area contributed by atoms with Crippen LogP contribution in [-0.2, 0) is 6.42 Å². The van der Waals surface area contributed by atoms with Gasteiger partial charge in [-0.05, 0) is 25.8 Å². The first-order valence-electron chi connectivity index (χ1n) is 8.73. The lowest BCUT2D eigenvalue weighted by Gasteiger charge is -2.00. The first-order valence-corrected chi connectivity index (χ1v) is 10.4. The van der Waals surface area contributed by atoms with Crippen molar-refractivity contribution in [3.63, 3.8) is 0 Å². The molecule has 0 fully saturated rings. The van der Waals surface area contributed by atoms with Crippen LogP contribution in [-0.4, -0.2) is 9.97 Å². The van der Waals surface area contributed by atoms with Crippen LogP contribution in [0.15, 0.2) is 53.9 Å². The van der Waals surface area contributed by atoms with E-state index in [1.54, 1.807) is 22.7 Å². The summed E-state index contributed by atoms with van der Waals surface area (Å²) in [5.74, 6) is 0. The van der Waals surface area contributed by atoms with Gasteiger partial charge in [0.25, 0.3) is 0 Å². The number of nitrogens with zero attached hydrogens (tertiary/aromatic N) is 2. The maximum absolute atomic E-state index is 4.89. The van der Waals surface area contributed by atoms with E-state index < -0.39 is 0 Å². The van der Waals surface area contributed by atoms with Gasteiger partial charge >= 0.3 is 0 Å². The highest BCUT2D eigenvalue weighted by molar-refractivity contribution is 7.21. The smallest absolute Gasteiger partial charge is 0.153 e. The molecule has 0 unspecified atom stereocenters. The van der Waals surface area contributed by atoms with E-state index >= 15 is 0 Å². The van der Waals surface area contributed by atoms with Gasteiger partial charge in [-0.2, -0.15) is 0 Å². The maximum Gasteiger partial charge on any atom is 0.153 e. The Bertz CT molecular complexity index is 1020. The molecule has 2 nitrogen and oxygen atoms in total. The van der Waals surface area contributed by atoms with Crippen molar-refractivity contribution in [2.75, 3.05) is 0 Å². The summed E-state index contributed by atoms with van der Waals surface area (Å²) in [5.41, 5.74) is 7.04. The molecule has 0 aliphatic heterocycles. The zero-order valence-electron chi connectivity index (χ0n) is 15.1. The van der Waals surface area contributed by atoms with Gasteiger partial charge in [0.15, 0.2) is 10.0 Å². The zero-order valence-corrected chi connectivity index (χ0v) is 16.7. The van der Waals surface area contributed by atoms with Crippen molar-refractivity contribution in [3.8, 4) is 32.5 Å². The second-order valence-corrected chi connectivity index (χ2v) is 8.44. The summed E-state index contributed by atoms with van der Waals surface area (Å²) in [6, 6.07) is 17.2. The quantitative estimate of drug-likeness (QED) is 0.392. The number of aryl methyl sites for hydroxylation is 3. The molecule has 0 bridgehead atoms. The fourth-order valence-electron chi connectivity index (χ4n) is 2.88. The summed E-state index contributed by atoms with van der Waals surface area (Å²) in [4.78, 5) is 10.9. The molecule has 26 heavy (non-hydrogen) atoms. The molecular weight excluding hydrogens is 356 g/mol. The molecule has 2 aromatic heterocycles. The molecule has 0 radical (unpaired) electrons. The average Bonchev–Trinajstić information content (AvgIpc) is 3.29. The third-order valence-corrected chi connectivity index (χ3v) is 6.42. The molecule has 130 valence electrons. The highest BCUT2D eigenvalue weighted by Gasteiger charge is 2.14. The summed E-state index contributed by atoms with van der Waals surface area (Å²) in [6.45, 7) is 6.41. The van der Waals surface area contributed by atoms with Crippen molar-refractivity contribution in [1.29, 1.82) is 0 Å². The Morgan fingerprint density at radius 3 is 2.19 bits per heavy atom. The number of thiazole rings is 2. The van der Waals surface area contributed by atoms with Gasteiger partial charge in [0.05, 0.1) is 11.4 Å². The monoisotopic (exact) mass is 376 g/mol. The molecular formula is C22H20N2S2. The minimum absolute atomic E-state index is 0.991. The molecule has 0 saturated carbocycles. The number of benzene rings is 2. The highest BCUT2D eigenvalue weighted by atomic mass is 32.1. The van der Waals surface area contributed by atoms with Crippen LogP contribution >= 0.6 is 22.7 Å². The van der Waals surface area contributed by atoms with Gasteiger partial charge in [0.2, 0.25) is 0 Å². The number of rotatable bonds is 4. The summed E-state index contributed by atoms with van der Waals surface area (Å²) < 4.78 is 0.